The van der Waals surface area contributed by atoms with E-state index in [9.17, 15) is 4.79 Å². The van der Waals surface area contributed by atoms with Gasteiger partial charge in [-0.25, -0.2) is 4.98 Å². The number of aryl methyl sites for hydroxylation is 1. The summed E-state index contributed by atoms with van der Waals surface area (Å²) in [6, 6.07) is 12.9. The first kappa shape index (κ1) is 17.1. The van der Waals surface area contributed by atoms with Crippen molar-refractivity contribution in [3.05, 3.63) is 63.6 Å². The van der Waals surface area contributed by atoms with Crippen LogP contribution in [0.3, 0.4) is 0 Å². The van der Waals surface area contributed by atoms with Crippen LogP contribution < -0.4 is 5.32 Å². The maximum absolute atomic E-state index is 12.4. The molecule has 0 aliphatic carbocycles. The molecule has 0 aliphatic heterocycles. The Hall–Kier alpha value is -2.35. The number of nitrogens with one attached hydrogen (secondary N) is 1. The van der Waals surface area contributed by atoms with Gasteiger partial charge in [0.25, 0.3) is 5.91 Å². The largest absolute Gasteiger partial charge is 0.347 e. The highest BCUT2D eigenvalue weighted by Gasteiger charge is 2.14. The van der Waals surface area contributed by atoms with Crippen molar-refractivity contribution in [2.75, 3.05) is 0 Å². The van der Waals surface area contributed by atoms with E-state index in [0.717, 1.165) is 43.9 Å². The number of benzene rings is 2. The second-order valence-corrected chi connectivity index (χ2v) is 7.68. The fourth-order valence-corrected chi connectivity index (χ4v) is 4.37. The summed E-state index contributed by atoms with van der Waals surface area (Å²) in [7, 11) is 0. The average Bonchev–Trinajstić information content (AvgIpc) is 3.25. The van der Waals surface area contributed by atoms with Crippen molar-refractivity contribution >= 4 is 51.6 Å². The monoisotopic (exact) mass is 400 g/mol. The van der Waals surface area contributed by atoms with E-state index in [1.165, 1.54) is 11.3 Å². The predicted octanol–water partition coefficient (Wildman–Crippen LogP) is 4.71. The normalized spacial score (nSPS) is 11.0. The summed E-state index contributed by atoms with van der Waals surface area (Å²) in [5, 5.41) is 4.47. The summed E-state index contributed by atoms with van der Waals surface area (Å²) in [6.07, 6.45) is 0. The van der Waals surface area contributed by atoms with Gasteiger partial charge in [-0.3, -0.25) is 4.79 Å². The van der Waals surface area contributed by atoms with Crippen LogP contribution in [0.15, 0.2) is 42.5 Å². The Bertz CT molecular complexity index is 1110. The molecule has 0 saturated carbocycles. The fraction of sp³-hybridized carbons (Fsp3) is 0.111. The lowest BCUT2D eigenvalue weighted by atomic mass is 10.2. The van der Waals surface area contributed by atoms with Crippen LogP contribution in [0.4, 0.5) is 0 Å². The van der Waals surface area contributed by atoms with E-state index in [1.807, 2.05) is 31.2 Å². The molecule has 0 saturated heterocycles. The van der Waals surface area contributed by atoms with E-state index in [2.05, 4.69) is 19.0 Å². The van der Waals surface area contributed by atoms with Gasteiger partial charge in [0.1, 0.15) is 16.0 Å². The van der Waals surface area contributed by atoms with Crippen molar-refractivity contribution in [1.29, 1.82) is 0 Å². The molecule has 130 valence electrons. The third-order valence-electron chi connectivity index (χ3n) is 3.92. The number of halogens is 1. The number of fused-ring (bicyclic) bond motifs is 1. The minimum Gasteiger partial charge on any atom is -0.347 e. The molecule has 0 aliphatic rings. The zero-order valence-corrected chi connectivity index (χ0v) is 16.1. The number of nitrogens with zero attached hydrogens (tertiary/aromatic N) is 3. The fourth-order valence-electron chi connectivity index (χ4n) is 2.53. The summed E-state index contributed by atoms with van der Waals surface area (Å²) in [6.45, 7) is 2.35. The van der Waals surface area contributed by atoms with Crippen molar-refractivity contribution in [2.24, 2.45) is 0 Å². The van der Waals surface area contributed by atoms with E-state index < -0.39 is 0 Å². The lowest BCUT2D eigenvalue weighted by Gasteiger charge is -2.04. The Morgan fingerprint density at radius 1 is 1.15 bits per heavy atom. The summed E-state index contributed by atoms with van der Waals surface area (Å²) in [4.78, 5) is 18.0. The molecule has 8 heteroatoms. The number of carbonyl (C=O) groups excluding carboxylic acids is 1. The Kier molecular flexibility index (Phi) is 4.67. The molecule has 2 aromatic carbocycles. The third-order valence-corrected chi connectivity index (χ3v) is 6.00. The van der Waals surface area contributed by atoms with Gasteiger partial charge >= 0.3 is 0 Å². The summed E-state index contributed by atoms with van der Waals surface area (Å²) in [5.41, 5.74) is 3.90. The highest BCUT2D eigenvalue weighted by atomic mass is 35.5. The van der Waals surface area contributed by atoms with E-state index in [-0.39, 0.29) is 5.91 Å². The molecule has 0 spiro atoms. The van der Waals surface area contributed by atoms with Crippen molar-refractivity contribution in [3.63, 3.8) is 0 Å². The van der Waals surface area contributed by atoms with Crippen LogP contribution in [0.5, 0.6) is 0 Å². The first-order chi connectivity index (χ1) is 12.6. The van der Waals surface area contributed by atoms with Crippen LogP contribution in [0.25, 0.3) is 21.6 Å². The number of hydrogen-bond donors (Lipinski definition) is 1. The minimum atomic E-state index is -0.146. The first-order valence-electron chi connectivity index (χ1n) is 7.83. The molecule has 4 rings (SSSR count). The summed E-state index contributed by atoms with van der Waals surface area (Å²) < 4.78 is 8.31. The van der Waals surface area contributed by atoms with E-state index in [1.54, 1.807) is 18.2 Å². The molecule has 2 aromatic heterocycles. The number of aromatic nitrogens is 3. The number of hydrogen-bond acceptors (Lipinski definition) is 6. The predicted molar refractivity (Wildman–Crippen MR) is 106 cm³/mol. The van der Waals surface area contributed by atoms with Gasteiger partial charge in [0.15, 0.2) is 0 Å². The van der Waals surface area contributed by atoms with Gasteiger partial charge in [0.05, 0.1) is 29.0 Å². The minimum absolute atomic E-state index is 0.146. The quantitative estimate of drug-likeness (QED) is 0.538. The van der Waals surface area contributed by atoms with Gasteiger partial charge in [-0.1, -0.05) is 29.8 Å². The average molecular weight is 401 g/mol. The standard InChI is InChI=1S/C18H13ClN4OS2/c1-10-16(25-18(21-10)12-4-2-3-5-13(12)19)9-20-17(24)11-6-7-14-15(8-11)23-26-22-14/h2-8H,9H2,1H3,(H,20,24). The Morgan fingerprint density at radius 2 is 1.96 bits per heavy atom. The lowest BCUT2D eigenvalue weighted by Crippen LogP contribution is -2.22. The maximum atomic E-state index is 12.4. The third kappa shape index (κ3) is 3.33. The smallest absolute Gasteiger partial charge is 0.251 e. The molecule has 0 bridgehead atoms. The molecule has 1 amide bonds. The van der Waals surface area contributed by atoms with Crippen molar-refractivity contribution in [2.45, 2.75) is 13.5 Å². The van der Waals surface area contributed by atoms with Crippen molar-refractivity contribution in [3.8, 4) is 10.6 Å². The zero-order chi connectivity index (χ0) is 18.1. The molecule has 4 aromatic rings. The number of rotatable bonds is 4. The molecule has 0 fully saturated rings. The van der Waals surface area contributed by atoms with E-state index in [4.69, 9.17) is 11.6 Å². The van der Waals surface area contributed by atoms with Crippen LogP contribution in [0.2, 0.25) is 5.02 Å². The highest BCUT2D eigenvalue weighted by Crippen LogP contribution is 2.32. The SMILES string of the molecule is Cc1nc(-c2ccccc2Cl)sc1CNC(=O)c1ccc2nsnc2c1. The molecule has 0 atom stereocenters. The van der Waals surface area contributed by atoms with Gasteiger partial charge in [0, 0.05) is 16.0 Å². The van der Waals surface area contributed by atoms with Gasteiger partial charge in [0.2, 0.25) is 0 Å². The van der Waals surface area contributed by atoms with Gasteiger partial charge in [-0.05, 0) is 31.2 Å². The lowest BCUT2D eigenvalue weighted by molar-refractivity contribution is 0.0951. The number of amides is 1. The zero-order valence-electron chi connectivity index (χ0n) is 13.7. The van der Waals surface area contributed by atoms with Gasteiger partial charge in [-0.15, -0.1) is 11.3 Å². The Morgan fingerprint density at radius 3 is 2.81 bits per heavy atom. The van der Waals surface area contributed by atoms with Gasteiger partial charge < -0.3 is 5.32 Å². The second-order valence-electron chi connectivity index (χ2n) is 5.66. The highest BCUT2D eigenvalue weighted by molar-refractivity contribution is 7.15. The van der Waals surface area contributed by atoms with Crippen LogP contribution in [0.1, 0.15) is 20.9 Å². The molecule has 0 radical (unpaired) electrons. The van der Waals surface area contributed by atoms with Crippen LogP contribution in [-0.2, 0) is 6.54 Å². The molecule has 5 nitrogen and oxygen atoms in total. The Balaban J connectivity index is 1.51. The molecule has 0 unspecified atom stereocenters. The first-order valence-corrected chi connectivity index (χ1v) is 9.76. The van der Waals surface area contributed by atoms with E-state index in [0.29, 0.717) is 17.1 Å². The Labute approximate surface area is 163 Å². The number of thiazole rings is 1. The van der Waals surface area contributed by atoms with Gasteiger partial charge in [-0.2, -0.15) is 8.75 Å². The van der Waals surface area contributed by atoms with Crippen LogP contribution >= 0.6 is 34.7 Å². The number of carbonyl (C=O) groups is 1. The second kappa shape index (κ2) is 7.11. The topological polar surface area (TPSA) is 67.8 Å². The summed E-state index contributed by atoms with van der Waals surface area (Å²) >= 11 is 8.93. The maximum Gasteiger partial charge on any atom is 0.251 e. The molecule has 26 heavy (non-hydrogen) atoms. The van der Waals surface area contributed by atoms with Crippen molar-refractivity contribution < 1.29 is 4.79 Å². The molecular weight excluding hydrogens is 388 g/mol. The summed E-state index contributed by atoms with van der Waals surface area (Å²) in [5.74, 6) is -0.146. The van der Waals surface area contributed by atoms with Crippen LogP contribution in [0, 0.1) is 6.92 Å². The van der Waals surface area contributed by atoms with Crippen LogP contribution in [-0.4, -0.2) is 19.6 Å². The van der Waals surface area contributed by atoms with E-state index >= 15 is 0 Å². The van der Waals surface area contributed by atoms with Crippen molar-refractivity contribution in [1.82, 2.24) is 19.0 Å². The molecular formula is C18H13ClN4OS2. The molecule has 2 heterocycles. The molecule has 1 N–H and O–H groups in total.